The largest absolute Gasteiger partial charge is 0.503 e. The maximum absolute atomic E-state index is 9.65. The molecule has 16 heavy (non-hydrogen) atoms. The van der Waals surface area contributed by atoms with Gasteiger partial charge in [0.15, 0.2) is 11.5 Å². The first kappa shape index (κ1) is 13.3. The first-order valence-electron chi connectivity index (χ1n) is 5.33. The van der Waals surface area contributed by atoms with Crippen molar-refractivity contribution in [2.45, 2.75) is 26.3 Å². The fraction of sp³-hybridized carbons (Fsp3) is 0.500. The predicted octanol–water partition coefficient (Wildman–Crippen LogP) is 2.70. The van der Waals surface area contributed by atoms with Crippen molar-refractivity contribution in [1.29, 1.82) is 0 Å². The zero-order chi connectivity index (χ0) is 12.1. The average molecular weight is 288 g/mol. The molecule has 1 aromatic carbocycles. The molecule has 0 atom stereocenters. The highest BCUT2D eigenvalue weighted by Crippen LogP contribution is 2.35. The van der Waals surface area contributed by atoms with E-state index in [-0.39, 0.29) is 5.75 Å². The van der Waals surface area contributed by atoms with Crippen molar-refractivity contribution in [2.24, 2.45) is 0 Å². The van der Waals surface area contributed by atoms with Crippen LogP contribution < -0.4 is 10.1 Å². The van der Waals surface area contributed by atoms with Crippen LogP contribution >= 0.6 is 15.9 Å². The molecular formula is C12H18BrNO2. The first-order valence-corrected chi connectivity index (χ1v) is 6.12. The summed E-state index contributed by atoms with van der Waals surface area (Å²) in [7, 11) is 1.55. The quantitative estimate of drug-likeness (QED) is 0.875. The number of phenols is 1. The second-order valence-corrected chi connectivity index (χ2v) is 4.84. The van der Waals surface area contributed by atoms with Gasteiger partial charge in [0.1, 0.15) is 0 Å². The van der Waals surface area contributed by atoms with E-state index in [0.717, 1.165) is 18.5 Å². The normalized spacial score (nSPS) is 10.8. The van der Waals surface area contributed by atoms with Gasteiger partial charge in [-0.15, -0.1) is 0 Å². The lowest BCUT2D eigenvalue weighted by Crippen LogP contribution is -2.24. The monoisotopic (exact) mass is 287 g/mol. The van der Waals surface area contributed by atoms with Crippen LogP contribution in [0.2, 0.25) is 0 Å². The zero-order valence-corrected chi connectivity index (χ0v) is 11.5. The van der Waals surface area contributed by atoms with Crippen LogP contribution in [-0.2, 0) is 6.42 Å². The topological polar surface area (TPSA) is 41.5 Å². The first-order chi connectivity index (χ1) is 7.54. The van der Waals surface area contributed by atoms with E-state index in [2.05, 4.69) is 35.1 Å². The Labute approximate surface area is 105 Å². The van der Waals surface area contributed by atoms with Crippen LogP contribution in [0, 0.1) is 0 Å². The van der Waals surface area contributed by atoms with Crippen LogP contribution in [0.15, 0.2) is 16.6 Å². The molecule has 90 valence electrons. The molecule has 4 heteroatoms. The molecule has 1 rings (SSSR count). The minimum Gasteiger partial charge on any atom is -0.503 e. The van der Waals surface area contributed by atoms with Crippen LogP contribution in [0.4, 0.5) is 0 Å². The summed E-state index contributed by atoms with van der Waals surface area (Å²) >= 11 is 3.31. The van der Waals surface area contributed by atoms with Crippen LogP contribution in [0.5, 0.6) is 11.5 Å². The minimum atomic E-state index is 0.156. The smallest absolute Gasteiger partial charge is 0.172 e. The van der Waals surface area contributed by atoms with Crippen molar-refractivity contribution < 1.29 is 9.84 Å². The molecule has 0 unspecified atom stereocenters. The Morgan fingerprint density at radius 1 is 1.44 bits per heavy atom. The van der Waals surface area contributed by atoms with Crippen molar-refractivity contribution in [1.82, 2.24) is 5.32 Å². The lowest BCUT2D eigenvalue weighted by Gasteiger charge is -2.10. The Balaban J connectivity index is 2.70. The van der Waals surface area contributed by atoms with Crippen LogP contribution in [0.25, 0.3) is 0 Å². The predicted molar refractivity (Wildman–Crippen MR) is 69.2 cm³/mol. The molecule has 0 aromatic heterocycles. The van der Waals surface area contributed by atoms with E-state index < -0.39 is 0 Å². The van der Waals surface area contributed by atoms with E-state index in [1.807, 2.05) is 12.1 Å². The lowest BCUT2D eigenvalue weighted by atomic mass is 10.1. The van der Waals surface area contributed by atoms with Gasteiger partial charge in [0.2, 0.25) is 0 Å². The van der Waals surface area contributed by atoms with Crippen molar-refractivity contribution in [2.75, 3.05) is 13.7 Å². The highest BCUT2D eigenvalue weighted by atomic mass is 79.9. The molecule has 0 saturated carbocycles. The standard InChI is InChI=1S/C12H18BrNO2/c1-8(2)14-5-4-9-6-10(13)12(15)11(7-9)16-3/h6-8,14-15H,4-5H2,1-3H3. The molecule has 2 N–H and O–H groups in total. The van der Waals surface area contributed by atoms with Gasteiger partial charge in [-0.25, -0.2) is 0 Å². The molecule has 0 heterocycles. The number of nitrogens with one attached hydrogen (secondary N) is 1. The number of methoxy groups -OCH3 is 1. The molecule has 3 nitrogen and oxygen atoms in total. The Bertz CT molecular complexity index is 353. The van der Waals surface area contributed by atoms with E-state index in [1.165, 1.54) is 0 Å². The van der Waals surface area contributed by atoms with Crippen LogP contribution in [-0.4, -0.2) is 24.8 Å². The van der Waals surface area contributed by atoms with Gasteiger partial charge in [-0.3, -0.25) is 0 Å². The van der Waals surface area contributed by atoms with Gasteiger partial charge in [-0.1, -0.05) is 13.8 Å². The third kappa shape index (κ3) is 3.68. The van der Waals surface area contributed by atoms with Crippen molar-refractivity contribution in [3.8, 4) is 11.5 Å². The summed E-state index contributed by atoms with van der Waals surface area (Å²) in [5, 5.41) is 13.0. The molecule has 1 aromatic rings. The Morgan fingerprint density at radius 3 is 2.69 bits per heavy atom. The van der Waals surface area contributed by atoms with Gasteiger partial charge in [-0.05, 0) is 46.6 Å². The average Bonchev–Trinajstić information content (AvgIpc) is 2.22. The fourth-order valence-electron chi connectivity index (χ4n) is 1.43. The maximum Gasteiger partial charge on any atom is 0.172 e. The number of hydrogen-bond donors (Lipinski definition) is 2. The molecule has 0 bridgehead atoms. The summed E-state index contributed by atoms with van der Waals surface area (Å²) in [6.07, 6.45) is 0.910. The van der Waals surface area contributed by atoms with Crippen LogP contribution in [0.1, 0.15) is 19.4 Å². The SMILES string of the molecule is COc1cc(CCNC(C)C)cc(Br)c1O. The van der Waals surface area contributed by atoms with E-state index in [0.29, 0.717) is 16.3 Å². The Hall–Kier alpha value is -0.740. The summed E-state index contributed by atoms with van der Waals surface area (Å²) in [6.45, 7) is 5.15. The summed E-state index contributed by atoms with van der Waals surface area (Å²) in [4.78, 5) is 0. The number of hydrogen-bond acceptors (Lipinski definition) is 3. The zero-order valence-electron chi connectivity index (χ0n) is 9.88. The van der Waals surface area contributed by atoms with E-state index in [1.54, 1.807) is 7.11 Å². The number of halogens is 1. The van der Waals surface area contributed by atoms with Gasteiger partial charge in [0, 0.05) is 6.04 Å². The summed E-state index contributed by atoms with van der Waals surface area (Å²) in [5.41, 5.74) is 1.13. The third-order valence-electron chi connectivity index (χ3n) is 2.27. The molecule has 0 aliphatic heterocycles. The summed E-state index contributed by atoms with van der Waals surface area (Å²) in [6, 6.07) is 4.27. The van der Waals surface area contributed by atoms with Gasteiger partial charge in [0.25, 0.3) is 0 Å². The van der Waals surface area contributed by atoms with Gasteiger partial charge < -0.3 is 15.2 Å². The van der Waals surface area contributed by atoms with E-state index in [9.17, 15) is 5.11 Å². The molecular weight excluding hydrogens is 270 g/mol. The van der Waals surface area contributed by atoms with Crippen LogP contribution in [0.3, 0.4) is 0 Å². The van der Waals surface area contributed by atoms with Gasteiger partial charge >= 0.3 is 0 Å². The molecule has 0 saturated heterocycles. The minimum absolute atomic E-state index is 0.156. The lowest BCUT2D eigenvalue weighted by molar-refractivity contribution is 0.371. The second kappa shape index (κ2) is 6.11. The second-order valence-electron chi connectivity index (χ2n) is 3.99. The number of rotatable bonds is 5. The molecule has 0 aliphatic carbocycles. The molecule has 0 aliphatic rings. The van der Waals surface area contributed by atoms with Gasteiger partial charge in [-0.2, -0.15) is 0 Å². The van der Waals surface area contributed by atoms with Crippen molar-refractivity contribution in [3.05, 3.63) is 22.2 Å². The van der Waals surface area contributed by atoms with E-state index >= 15 is 0 Å². The summed E-state index contributed by atoms with van der Waals surface area (Å²) in [5.74, 6) is 0.664. The van der Waals surface area contributed by atoms with E-state index in [4.69, 9.17) is 4.74 Å². The fourth-order valence-corrected chi connectivity index (χ4v) is 1.92. The maximum atomic E-state index is 9.65. The molecule has 0 fully saturated rings. The molecule has 0 amide bonds. The molecule has 0 radical (unpaired) electrons. The van der Waals surface area contributed by atoms with Gasteiger partial charge in [0.05, 0.1) is 11.6 Å². The number of benzene rings is 1. The Morgan fingerprint density at radius 2 is 2.12 bits per heavy atom. The van der Waals surface area contributed by atoms with Crippen molar-refractivity contribution in [3.63, 3.8) is 0 Å². The summed E-state index contributed by atoms with van der Waals surface area (Å²) < 4.78 is 5.77. The number of ether oxygens (including phenoxy) is 1. The number of aromatic hydroxyl groups is 1. The third-order valence-corrected chi connectivity index (χ3v) is 2.88. The highest BCUT2D eigenvalue weighted by molar-refractivity contribution is 9.10. The highest BCUT2D eigenvalue weighted by Gasteiger charge is 2.08. The Kier molecular flexibility index (Phi) is 5.09. The molecule has 0 spiro atoms. The number of phenolic OH excluding ortho intramolecular Hbond substituents is 1. The van der Waals surface area contributed by atoms with Crippen molar-refractivity contribution >= 4 is 15.9 Å².